The Balaban J connectivity index is 2.35. The minimum Gasteiger partial charge on any atom is -0.458 e. The molecular weight excluding hydrogens is 200 g/mol. The molecule has 0 amide bonds. The number of carbonyl (C=O) groups excluding carboxylic acids is 1. The molecule has 0 radical (unpaired) electrons. The highest BCUT2D eigenvalue weighted by atomic mass is 16.5. The summed E-state index contributed by atoms with van der Waals surface area (Å²) in [5.41, 5.74) is 0. The van der Waals surface area contributed by atoms with E-state index in [9.17, 15) is 4.79 Å². The van der Waals surface area contributed by atoms with Crippen LogP contribution in [-0.2, 0) is 9.53 Å². The van der Waals surface area contributed by atoms with Crippen molar-refractivity contribution in [2.45, 2.75) is 70.3 Å². The maximum absolute atomic E-state index is 11.5. The van der Waals surface area contributed by atoms with E-state index in [2.05, 4.69) is 6.58 Å². The fourth-order valence-electron chi connectivity index (χ4n) is 2.13. The highest BCUT2D eigenvalue weighted by Gasteiger charge is 2.11. The monoisotopic (exact) mass is 224 g/mol. The Bertz CT molecular complexity index is 211. The number of cyclic esters (lactones) is 1. The Morgan fingerprint density at radius 2 is 1.56 bits per heavy atom. The molecular formula is C14H24O2. The second-order valence-corrected chi connectivity index (χ2v) is 4.63. The van der Waals surface area contributed by atoms with Gasteiger partial charge in [-0.1, -0.05) is 51.2 Å². The summed E-state index contributed by atoms with van der Waals surface area (Å²) in [6.45, 7) is 3.73. The smallest absolute Gasteiger partial charge is 0.306 e. The van der Waals surface area contributed by atoms with E-state index in [0.717, 1.165) is 25.7 Å². The molecule has 1 fully saturated rings. The number of esters is 1. The maximum Gasteiger partial charge on any atom is 0.306 e. The third-order valence-corrected chi connectivity index (χ3v) is 3.17. The van der Waals surface area contributed by atoms with Gasteiger partial charge in [0.25, 0.3) is 0 Å². The van der Waals surface area contributed by atoms with Gasteiger partial charge in [-0.2, -0.15) is 0 Å². The molecule has 1 rings (SSSR count). The molecule has 2 heteroatoms. The van der Waals surface area contributed by atoms with Gasteiger partial charge in [-0.15, -0.1) is 0 Å². The van der Waals surface area contributed by atoms with Gasteiger partial charge < -0.3 is 4.74 Å². The molecule has 1 heterocycles. The Hall–Kier alpha value is -0.790. The molecule has 1 aliphatic heterocycles. The molecule has 0 bridgehead atoms. The third kappa shape index (κ3) is 5.94. The number of carbonyl (C=O) groups is 1. The lowest BCUT2D eigenvalue weighted by Gasteiger charge is -2.13. The van der Waals surface area contributed by atoms with E-state index in [-0.39, 0.29) is 12.1 Å². The van der Waals surface area contributed by atoms with Gasteiger partial charge >= 0.3 is 5.97 Å². The number of hydrogen-bond donors (Lipinski definition) is 0. The first-order valence-corrected chi connectivity index (χ1v) is 6.65. The summed E-state index contributed by atoms with van der Waals surface area (Å²) in [6, 6.07) is 0. The zero-order valence-electron chi connectivity index (χ0n) is 10.2. The summed E-state index contributed by atoms with van der Waals surface area (Å²) in [7, 11) is 0. The molecule has 1 aliphatic rings. The molecule has 0 aromatic carbocycles. The molecule has 1 saturated heterocycles. The minimum atomic E-state index is -0.0618. The highest BCUT2D eigenvalue weighted by molar-refractivity contribution is 5.69. The van der Waals surface area contributed by atoms with E-state index in [1.165, 1.54) is 32.1 Å². The number of hydrogen-bond acceptors (Lipinski definition) is 2. The molecule has 2 nitrogen and oxygen atoms in total. The van der Waals surface area contributed by atoms with Crippen LogP contribution in [0.4, 0.5) is 0 Å². The molecule has 92 valence electrons. The van der Waals surface area contributed by atoms with Gasteiger partial charge in [0.2, 0.25) is 0 Å². The van der Waals surface area contributed by atoms with Crippen molar-refractivity contribution in [3.63, 3.8) is 0 Å². The van der Waals surface area contributed by atoms with E-state index >= 15 is 0 Å². The second-order valence-electron chi connectivity index (χ2n) is 4.63. The lowest BCUT2D eigenvalue weighted by molar-refractivity contribution is -0.147. The fourth-order valence-corrected chi connectivity index (χ4v) is 2.13. The summed E-state index contributed by atoms with van der Waals surface area (Å²) in [5.74, 6) is -0.0517. The van der Waals surface area contributed by atoms with Gasteiger partial charge in [0.1, 0.15) is 6.10 Å². The first kappa shape index (κ1) is 13.3. The first-order chi connectivity index (χ1) is 7.83. The van der Waals surface area contributed by atoms with Crippen molar-refractivity contribution < 1.29 is 9.53 Å². The Labute approximate surface area is 99.1 Å². The van der Waals surface area contributed by atoms with Crippen LogP contribution < -0.4 is 0 Å². The van der Waals surface area contributed by atoms with E-state index in [1.807, 2.05) is 0 Å². The molecule has 0 N–H and O–H groups in total. The first-order valence-electron chi connectivity index (χ1n) is 6.65. The molecule has 16 heavy (non-hydrogen) atoms. The predicted octanol–water partition coefficient (Wildman–Crippen LogP) is 4.00. The Morgan fingerprint density at radius 3 is 2.19 bits per heavy atom. The summed E-state index contributed by atoms with van der Waals surface area (Å²) < 4.78 is 5.36. The van der Waals surface area contributed by atoms with Gasteiger partial charge in [-0.05, 0) is 19.3 Å². The number of rotatable bonds is 1. The van der Waals surface area contributed by atoms with E-state index in [1.54, 1.807) is 6.08 Å². The van der Waals surface area contributed by atoms with Gasteiger partial charge in [0, 0.05) is 6.42 Å². The molecule has 0 spiro atoms. The largest absolute Gasteiger partial charge is 0.458 e. The molecule has 1 atom stereocenters. The number of ether oxygens (including phenoxy) is 1. The van der Waals surface area contributed by atoms with Crippen LogP contribution >= 0.6 is 0 Å². The maximum atomic E-state index is 11.5. The van der Waals surface area contributed by atoms with Crippen molar-refractivity contribution >= 4 is 5.97 Å². The second kappa shape index (κ2) is 8.37. The quantitative estimate of drug-likeness (QED) is 0.497. The summed E-state index contributed by atoms with van der Waals surface area (Å²) >= 11 is 0. The van der Waals surface area contributed by atoms with Gasteiger partial charge in [-0.25, -0.2) is 0 Å². The lowest BCUT2D eigenvalue weighted by Crippen LogP contribution is -2.15. The molecule has 0 aromatic heterocycles. The van der Waals surface area contributed by atoms with Crippen molar-refractivity contribution in [3.05, 3.63) is 12.7 Å². The topological polar surface area (TPSA) is 26.3 Å². The predicted molar refractivity (Wildman–Crippen MR) is 66.2 cm³/mol. The third-order valence-electron chi connectivity index (χ3n) is 3.17. The standard InChI is InChI=1S/C14H24O2/c1-2-13-11-9-7-5-3-4-6-8-10-12-14(15)16-13/h2,13H,1,3-12H2. The van der Waals surface area contributed by atoms with Crippen LogP contribution in [-0.4, -0.2) is 12.1 Å². The summed E-state index contributed by atoms with van der Waals surface area (Å²) in [5, 5.41) is 0. The Morgan fingerprint density at radius 1 is 1.00 bits per heavy atom. The van der Waals surface area contributed by atoms with Gasteiger partial charge in [-0.3, -0.25) is 4.79 Å². The zero-order valence-corrected chi connectivity index (χ0v) is 10.2. The summed E-state index contributed by atoms with van der Waals surface area (Å²) in [4.78, 5) is 11.5. The van der Waals surface area contributed by atoms with Crippen LogP contribution in [0.5, 0.6) is 0 Å². The van der Waals surface area contributed by atoms with Crippen molar-refractivity contribution in [2.75, 3.05) is 0 Å². The van der Waals surface area contributed by atoms with Crippen LogP contribution in [0.1, 0.15) is 64.2 Å². The molecule has 0 aromatic rings. The molecule has 1 unspecified atom stereocenters. The van der Waals surface area contributed by atoms with Gasteiger partial charge in [0.05, 0.1) is 0 Å². The normalized spacial score (nSPS) is 25.8. The highest BCUT2D eigenvalue weighted by Crippen LogP contribution is 2.15. The zero-order chi connectivity index (χ0) is 11.6. The average Bonchev–Trinajstić information content (AvgIpc) is 2.30. The average molecular weight is 224 g/mol. The van der Waals surface area contributed by atoms with E-state index in [4.69, 9.17) is 4.74 Å². The van der Waals surface area contributed by atoms with Crippen LogP contribution in [0.15, 0.2) is 12.7 Å². The van der Waals surface area contributed by atoms with Crippen LogP contribution in [0.2, 0.25) is 0 Å². The SMILES string of the molecule is C=CC1CCCCCCCCCCC(=O)O1. The van der Waals surface area contributed by atoms with E-state index < -0.39 is 0 Å². The van der Waals surface area contributed by atoms with Crippen molar-refractivity contribution in [2.24, 2.45) is 0 Å². The van der Waals surface area contributed by atoms with Crippen LogP contribution in [0, 0.1) is 0 Å². The van der Waals surface area contributed by atoms with Crippen molar-refractivity contribution in [3.8, 4) is 0 Å². The van der Waals surface area contributed by atoms with E-state index in [0.29, 0.717) is 6.42 Å². The molecule has 0 aliphatic carbocycles. The fraction of sp³-hybridized carbons (Fsp3) is 0.786. The van der Waals surface area contributed by atoms with Gasteiger partial charge in [0.15, 0.2) is 0 Å². The molecule has 0 saturated carbocycles. The lowest BCUT2D eigenvalue weighted by atomic mass is 10.1. The minimum absolute atomic E-state index is 0.0517. The Kier molecular flexibility index (Phi) is 6.95. The van der Waals surface area contributed by atoms with Crippen molar-refractivity contribution in [1.82, 2.24) is 0 Å². The van der Waals surface area contributed by atoms with Crippen LogP contribution in [0.3, 0.4) is 0 Å². The van der Waals surface area contributed by atoms with Crippen molar-refractivity contribution in [1.29, 1.82) is 0 Å². The summed E-state index contributed by atoms with van der Waals surface area (Å²) in [6.07, 6.45) is 13.0. The van der Waals surface area contributed by atoms with Crippen LogP contribution in [0.25, 0.3) is 0 Å².